The van der Waals surface area contributed by atoms with Crippen molar-refractivity contribution in [2.75, 3.05) is 7.05 Å². The van der Waals surface area contributed by atoms with Gasteiger partial charge in [-0.1, -0.05) is 17.7 Å². The molecule has 0 unspecified atom stereocenters. The molecule has 1 aliphatic heterocycles. The van der Waals surface area contributed by atoms with Gasteiger partial charge in [-0.25, -0.2) is 0 Å². The summed E-state index contributed by atoms with van der Waals surface area (Å²) >= 11 is 5.91. The Bertz CT molecular complexity index is 348. The highest BCUT2D eigenvalue weighted by atomic mass is 35.5. The van der Waals surface area contributed by atoms with Gasteiger partial charge < -0.3 is 10.6 Å². The van der Waals surface area contributed by atoms with E-state index >= 15 is 0 Å². The van der Waals surface area contributed by atoms with Crippen molar-refractivity contribution in [3.8, 4) is 0 Å². The quantitative estimate of drug-likeness (QED) is 0.667. The van der Waals surface area contributed by atoms with Gasteiger partial charge in [0.05, 0.1) is 0 Å². The van der Waals surface area contributed by atoms with Gasteiger partial charge in [-0.2, -0.15) is 0 Å². The van der Waals surface area contributed by atoms with Crippen molar-refractivity contribution >= 4 is 11.6 Å². The smallest absolute Gasteiger partial charge is 0.0451 e. The molecule has 0 radical (unpaired) electrons. The van der Waals surface area contributed by atoms with Gasteiger partial charge in [0.15, 0.2) is 0 Å². The number of hydrogen-bond acceptors (Lipinski definition) is 2. The minimum Gasteiger partial charge on any atom is -0.388 e. The number of nitrogens with one attached hydrogen (secondary N) is 2. The van der Waals surface area contributed by atoms with E-state index in [-0.39, 0.29) is 0 Å². The third-order valence-electron chi connectivity index (χ3n) is 2.19. The number of hydrogen-bond donors (Lipinski definition) is 2. The molecule has 2 nitrogen and oxygen atoms in total. The summed E-state index contributed by atoms with van der Waals surface area (Å²) in [6, 6.07) is 0. The van der Waals surface area contributed by atoms with Gasteiger partial charge in [0.2, 0.25) is 0 Å². The Labute approximate surface area is 82.7 Å². The molecule has 1 aliphatic carbocycles. The van der Waals surface area contributed by atoms with E-state index in [0.29, 0.717) is 0 Å². The standard InChI is InChI=1S/C10H11ClN2/c1-12-9-4-5-13-10-6-7(11)2-3-8(9)10/h2,4-6,12-13H,3H2,1H3. The fourth-order valence-electron chi connectivity index (χ4n) is 1.53. The summed E-state index contributed by atoms with van der Waals surface area (Å²) in [6.45, 7) is 0. The van der Waals surface area contributed by atoms with E-state index in [1.807, 2.05) is 31.5 Å². The normalized spacial score (nSPS) is 20.2. The first kappa shape index (κ1) is 8.45. The van der Waals surface area contributed by atoms with Gasteiger partial charge in [-0.3, -0.25) is 0 Å². The number of halogens is 1. The lowest BCUT2D eigenvalue weighted by atomic mass is 9.99. The molecule has 2 rings (SSSR count). The van der Waals surface area contributed by atoms with Crippen LogP contribution in [0.5, 0.6) is 0 Å². The van der Waals surface area contributed by atoms with Crippen LogP contribution in [0.15, 0.2) is 46.4 Å². The van der Waals surface area contributed by atoms with Crippen molar-refractivity contribution in [1.29, 1.82) is 0 Å². The first-order chi connectivity index (χ1) is 6.31. The highest BCUT2D eigenvalue weighted by molar-refractivity contribution is 6.31. The lowest BCUT2D eigenvalue weighted by Crippen LogP contribution is -2.20. The lowest BCUT2D eigenvalue weighted by Gasteiger charge is -2.21. The van der Waals surface area contributed by atoms with Crippen LogP contribution in [-0.2, 0) is 0 Å². The molecule has 0 fully saturated rings. The maximum Gasteiger partial charge on any atom is 0.0451 e. The molecule has 0 saturated carbocycles. The van der Waals surface area contributed by atoms with Crippen LogP contribution in [0.25, 0.3) is 0 Å². The summed E-state index contributed by atoms with van der Waals surface area (Å²) < 4.78 is 0. The average Bonchev–Trinajstić information content (AvgIpc) is 2.16. The fourth-order valence-corrected chi connectivity index (χ4v) is 1.71. The number of allylic oxidation sites excluding steroid dienone is 5. The topological polar surface area (TPSA) is 24.1 Å². The summed E-state index contributed by atoms with van der Waals surface area (Å²) in [6.07, 6.45) is 8.79. The second-order valence-electron chi connectivity index (χ2n) is 2.97. The third-order valence-corrected chi connectivity index (χ3v) is 2.46. The molecular formula is C10H11ClN2. The Morgan fingerprint density at radius 1 is 1.54 bits per heavy atom. The zero-order valence-electron chi connectivity index (χ0n) is 7.39. The number of fused-ring (bicyclic) bond motifs is 1. The second kappa shape index (κ2) is 3.30. The average molecular weight is 195 g/mol. The van der Waals surface area contributed by atoms with Crippen LogP contribution >= 0.6 is 11.6 Å². The van der Waals surface area contributed by atoms with E-state index < -0.39 is 0 Å². The predicted molar refractivity (Wildman–Crippen MR) is 55.0 cm³/mol. The van der Waals surface area contributed by atoms with Gasteiger partial charge >= 0.3 is 0 Å². The lowest BCUT2D eigenvalue weighted by molar-refractivity contribution is 0.908. The molecule has 0 bridgehead atoms. The van der Waals surface area contributed by atoms with Gasteiger partial charge in [-0.15, -0.1) is 0 Å². The molecule has 1 heterocycles. The molecule has 0 aromatic carbocycles. The Kier molecular flexibility index (Phi) is 2.15. The summed E-state index contributed by atoms with van der Waals surface area (Å²) in [5.41, 5.74) is 3.53. The van der Waals surface area contributed by atoms with E-state index in [1.165, 1.54) is 5.57 Å². The van der Waals surface area contributed by atoms with Crippen LogP contribution in [-0.4, -0.2) is 7.05 Å². The molecule has 2 N–H and O–H groups in total. The maximum absolute atomic E-state index is 5.91. The third kappa shape index (κ3) is 1.49. The number of likely N-dealkylation sites (N-methyl/N-ethyl adjacent to an activating group) is 1. The van der Waals surface area contributed by atoms with Crippen molar-refractivity contribution in [3.05, 3.63) is 46.4 Å². The second-order valence-corrected chi connectivity index (χ2v) is 3.41. The fraction of sp³-hybridized carbons (Fsp3) is 0.200. The Hall–Kier alpha value is -1.15. The maximum atomic E-state index is 5.91. The van der Waals surface area contributed by atoms with Crippen molar-refractivity contribution < 1.29 is 0 Å². The van der Waals surface area contributed by atoms with Gasteiger partial charge in [0, 0.05) is 35.2 Å². The van der Waals surface area contributed by atoms with Crippen LogP contribution in [0.2, 0.25) is 0 Å². The van der Waals surface area contributed by atoms with Crippen LogP contribution in [0.1, 0.15) is 6.42 Å². The predicted octanol–water partition coefficient (Wildman–Crippen LogP) is 1.99. The summed E-state index contributed by atoms with van der Waals surface area (Å²) in [5, 5.41) is 7.13. The number of rotatable bonds is 1. The van der Waals surface area contributed by atoms with E-state index in [2.05, 4.69) is 10.6 Å². The van der Waals surface area contributed by atoms with E-state index in [1.54, 1.807) is 0 Å². The van der Waals surface area contributed by atoms with E-state index in [9.17, 15) is 0 Å². The van der Waals surface area contributed by atoms with E-state index in [4.69, 9.17) is 11.6 Å². The molecule has 13 heavy (non-hydrogen) atoms. The molecule has 2 aliphatic rings. The van der Waals surface area contributed by atoms with Crippen LogP contribution in [0.4, 0.5) is 0 Å². The highest BCUT2D eigenvalue weighted by Crippen LogP contribution is 2.27. The molecule has 3 heteroatoms. The van der Waals surface area contributed by atoms with Crippen molar-refractivity contribution in [3.63, 3.8) is 0 Å². The highest BCUT2D eigenvalue weighted by Gasteiger charge is 2.14. The zero-order chi connectivity index (χ0) is 9.26. The summed E-state index contributed by atoms with van der Waals surface area (Å²) in [4.78, 5) is 0. The molecule has 0 saturated heterocycles. The molecule has 0 aromatic heterocycles. The molecule has 0 aromatic rings. The first-order valence-corrected chi connectivity index (χ1v) is 4.61. The van der Waals surface area contributed by atoms with Gasteiger partial charge in [0.1, 0.15) is 0 Å². The SMILES string of the molecule is CNC1=C2CC=C(Cl)C=C2NC=C1. The largest absolute Gasteiger partial charge is 0.388 e. The van der Waals surface area contributed by atoms with Gasteiger partial charge in [-0.05, 0) is 18.6 Å². The van der Waals surface area contributed by atoms with Crippen molar-refractivity contribution in [2.24, 2.45) is 0 Å². The van der Waals surface area contributed by atoms with Crippen molar-refractivity contribution in [1.82, 2.24) is 10.6 Å². The summed E-state index contributed by atoms with van der Waals surface area (Å²) in [7, 11) is 1.93. The Morgan fingerprint density at radius 2 is 2.38 bits per heavy atom. The first-order valence-electron chi connectivity index (χ1n) is 4.23. The van der Waals surface area contributed by atoms with Crippen LogP contribution in [0, 0.1) is 0 Å². The molecular weight excluding hydrogens is 184 g/mol. The number of dihydropyridines is 1. The van der Waals surface area contributed by atoms with Crippen LogP contribution in [0.3, 0.4) is 0 Å². The van der Waals surface area contributed by atoms with Crippen molar-refractivity contribution in [2.45, 2.75) is 6.42 Å². The summed E-state index contributed by atoms with van der Waals surface area (Å²) in [5.74, 6) is 0. The zero-order valence-corrected chi connectivity index (χ0v) is 8.15. The Morgan fingerprint density at radius 3 is 3.15 bits per heavy atom. The molecule has 68 valence electrons. The minimum atomic E-state index is 0.803. The van der Waals surface area contributed by atoms with Gasteiger partial charge in [0.25, 0.3) is 0 Å². The van der Waals surface area contributed by atoms with Crippen LogP contribution < -0.4 is 10.6 Å². The minimum absolute atomic E-state index is 0.803. The molecule has 0 atom stereocenters. The monoisotopic (exact) mass is 194 g/mol. The van der Waals surface area contributed by atoms with E-state index in [0.717, 1.165) is 22.8 Å². The molecule has 0 spiro atoms. The molecule has 0 amide bonds. The Balaban J connectivity index is 2.41.